The highest BCUT2D eigenvalue weighted by molar-refractivity contribution is 7.89. The van der Waals surface area contributed by atoms with Gasteiger partial charge in [-0.2, -0.15) is 4.98 Å². The molecular formula is C23H27ClN6O2S. The highest BCUT2D eigenvalue weighted by Crippen LogP contribution is 2.48. The molecule has 6 rings (SSSR count). The van der Waals surface area contributed by atoms with Crippen molar-refractivity contribution in [3.8, 4) is 0 Å². The van der Waals surface area contributed by atoms with E-state index in [0.717, 1.165) is 86.5 Å². The smallest absolute Gasteiger partial charge is 0.227 e. The van der Waals surface area contributed by atoms with Gasteiger partial charge in [-0.3, -0.25) is 0 Å². The number of allylic oxidation sites excluding steroid dienone is 2. The van der Waals surface area contributed by atoms with Gasteiger partial charge < -0.3 is 15.3 Å². The Labute approximate surface area is 200 Å². The molecule has 0 amide bonds. The first-order valence-electron chi connectivity index (χ1n) is 11.7. The third kappa shape index (κ3) is 3.65. The SMILES string of the molecule is O=S1C2=C(CCC2)c2nc(N3CCC(c4ncc(Cl)cn4)CC3)nc(NC3(CO)CCC3)c21. The molecule has 0 aromatic carbocycles. The zero-order valence-electron chi connectivity index (χ0n) is 18.4. The summed E-state index contributed by atoms with van der Waals surface area (Å²) in [6, 6.07) is 0. The molecule has 1 atom stereocenters. The van der Waals surface area contributed by atoms with Crippen LogP contribution in [0.25, 0.3) is 5.57 Å². The molecular weight excluding hydrogens is 460 g/mol. The van der Waals surface area contributed by atoms with Crippen LogP contribution in [0, 0.1) is 0 Å². The van der Waals surface area contributed by atoms with Crippen LogP contribution in [0.2, 0.25) is 5.02 Å². The number of halogens is 1. The number of nitrogens with one attached hydrogen (secondary N) is 1. The Hall–Kier alpha value is -2.10. The fourth-order valence-electron chi connectivity index (χ4n) is 5.39. The van der Waals surface area contributed by atoms with Crippen molar-refractivity contribution >= 4 is 39.7 Å². The van der Waals surface area contributed by atoms with Crippen molar-refractivity contribution in [1.29, 1.82) is 0 Å². The summed E-state index contributed by atoms with van der Waals surface area (Å²) in [4.78, 5) is 22.6. The van der Waals surface area contributed by atoms with Gasteiger partial charge in [-0.05, 0) is 56.9 Å². The summed E-state index contributed by atoms with van der Waals surface area (Å²) in [6.45, 7) is 1.65. The number of anilines is 2. The first kappa shape index (κ1) is 21.4. The van der Waals surface area contributed by atoms with Gasteiger partial charge in [0.1, 0.15) is 16.5 Å². The van der Waals surface area contributed by atoms with Crippen molar-refractivity contribution in [1.82, 2.24) is 19.9 Å². The number of hydrogen-bond acceptors (Lipinski definition) is 8. The van der Waals surface area contributed by atoms with Crippen molar-refractivity contribution < 1.29 is 9.32 Å². The van der Waals surface area contributed by atoms with E-state index in [1.54, 1.807) is 12.4 Å². The lowest BCUT2D eigenvalue weighted by Crippen LogP contribution is -2.49. The molecule has 2 aromatic heterocycles. The Morgan fingerprint density at radius 2 is 1.91 bits per heavy atom. The van der Waals surface area contributed by atoms with E-state index in [1.165, 1.54) is 0 Å². The van der Waals surface area contributed by atoms with Crippen LogP contribution in [-0.2, 0) is 10.8 Å². The number of fused-ring (bicyclic) bond motifs is 2. The van der Waals surface area contributed by atoms with Gasteiger partial charge in [-0.25, -0.2) is 19.2 Å². The third-order valence-corrected chi connectivity index (χ3v) is 9.35. The first-order valence-corrected chi connectivity index (χ1v) is 13.3. The number of aliphatic hydroxyl groups is 1. The molecule has 4 aliphatic rings. The predicted molar refractivity (Wildman–Crippen MR) is 128 cm³/mol. The van der Waals surface area contributed by atoms with E-state index in [4.69, 9.17) is 21.6 Å². The molecule has 0 spiro atoms. The summed E-state index contributed by atoms with van der Waals surface area (Å²) >= 11 is 5.94. The molecule has 2 aliphatic heterocycles. The number of nitrogens with zero attached hydrogens (tertiary/aromatic N) is 5. The highest BCUT2D eigenvalue weighted by atomic mass is 35.5. The van der Waals surface area contributed by atoms with Crippen LogP contribution in [-0.4, -0.2) is 54.5 Å². The molecule has 2 aromatic rings. The lowest BCUT2D eigenvalue weighted by molar-refractivity contribution is 0.143. The van der Waals surface area contributed by atoms with Crippen molar-refractivity contribution in [3.63, 3.8) is 0 Å². The summed E-state index contributed by atoms with van der Waals surface area (Å²) < 4.78 is 13.3. The fourth-order valence-corrected chi connectivity index (χ4v) is 7.10. The first-order chi connectivity index (χ1) is 16.1. The van der Waals surface area contributed by atoms with E-state index in [2.05, 4.69) is 20.2 Å². The second-order valence-electron chi connectivity index (χ2n) is 9.51. The Morgan fingerprint density at radius 1 is 1.15 bits per heavy atom. The van der Waals surface area contributed by atoms with E-state index in [9.17, 15) is 9.32 Å². The molecule has 1 unspecified atom stereocenters. The molecule has 1 saturated carbocycles. The normalized spacial score (nSPS) is 23.9. The zero-order chi connectivity index (χ0) is 22.6. The van der Waals surface area contributed by atoms with Gasteiger partial charge in [-0.1, -0.05) is 11.6 Å². The molecule has 10 heteroatoms. The lowest BCUT2D eigenvalue weighted by atomic mass is 9.77. The summed E-state index contributed by atoms with van der Waals surface area (Å²) in [6.07, 6.45) is 10.8. The molecule has 0 bridgehead atoms. The van der Waals surface area contributed by atoms with E-state index < -0.39 is 10.8 Å². The molecule has 33 heavy (non-hydrogen) atoms. The van der Waals surface area contributed by atoms with Gasteiger partial charge in [0.25, 0.3) is 0 Å². The van der Waals surface area contributed by atoms with Crippen LogP contribution in [0.1, 0.15) is 68.8 Å². The number of hydrogen-bond donors (Lipinski definition) is 2. The third-order valence-electron chi connectivity index (χ3n) is 7.50. The summed E-state index contributed by atoms with van der Waals surface area (Å²) in [5, 5.41) is 14.1. The summed E-state index contributed by atoms with van der Waals surface area (Å²) in [5.74, 6) is 2.44. The largest absolute Gasteiger partial charge is 0.394 e. The number of aromatic nitrogens is 4. The van der Waals surface area contributed by atoms with Crippen LogP contribution in [0.4, 0.5) is 11.8 Å². The standard InChI is InChI=1S/C23H27ClN6O2S/c24-15-11-25-20(26-12-15)14-5-9-30(10-6-14)22-27-18-16-3-1-4-17(16)33(32)19(18)21(28-22)29-23(13-31)7-2-8-23/h11-12,14,31H,1-10,13H2,(H,27,28,29). The molecule has 2 N–H and O–H groups in total. The molecule has 2 aliphatic carbocycles. The van der Waals surface area contributed by atoms with Crippen LogP contribution in [0.5, 0.6) is 0 Å². The molecule has 174 valence electrons. The maximum Gasteiger partial charge on any atom is 0.227 e. The predicted octanol–water partition coefficient (Wildman–Crippen LogP) is 3.65. The van der Waals surface area contributed by atoms with E-state index in [1.807, 2.05) is 0 Å². The Balaban J connectivity index is 1.30. The average Bonchev–Trinajstić information content (AvgIpc) is 3.40. The summed E-state index contributed by atoms with van der Waals surface area (Å²) in [5.41, 5.74) is 1.63. The van der Waals surface area contributed by atoms with Crippen LogP contribution in [0.15, 0.2) is 22.2 Å². The van der Waals surface area contributed by atoms with Crippen LogP contribution >= 0.6 is 11.6 Å². The number of aliphatic hydroxyl groups excluding tert-OH is 1. The maximum atomic E-state index is 13.3. The van der Waals surface area contributed by atoms with Gasteiger partial charge in [0, 0.05) is 36.3 Å². The van der Waals surface area contributed by atoms with Crippen molar-refractivity contribution in [3.05, 3.63) is 33.8 Å². The van der Waals surface area contributed by atoms with E-state index >= 15 is 0 Å². The molecule has 0 radical (unpaired) electrons. The topological polar surface area (TPSA) is 104 Å². The molecule has 8 nitrogen and oxygen atoms in total. The second kappa shape index (κ2) is 8.29. The number of rotatable bonds is 5. The van der Waals surface area contributed by atoms with Gasteiger partial charge >= 0.3 is 0 Å². The van der Waals surface area contributed by atoms with Crippen LogP contribution in [0.3, 0.4) is 0 Å². The Morgan fingerprint density at radius 3 is 2.58 bits per heavy atom. The van der Waals surface area contributed by atoms with E-state index in [0.29, 0.717) is 21.7 Å². The quantitative estimate of drug-likeness (QED) is 0.660. The van der Waals surface area contributed by atoms with Gasteiger partial charge in [0.2, 0.25) is 5.95 Å². The summed E-state index contributed by atoms with van der Waals surface area (Å²) in [7, 11) is -1.21. The molecule has 2 fully saturated rings. The van der Waals surface area contributed by atoms with Gasteiger partial charge in [-0.15, -0.1) is 0 Å². The van der Waals surface area contributed by atoms with Crippen LogP contribution < -0.4 is 10.2 Å². The number of piperidine rings is 1. The highest BCUT2D eigenvalue weighted by Gasteiger charge is 2.41. The molecule has 4 heterocycles. The minimum Gasteiger partial charge on any atom is -0.394 e. The van der Waals surface area contributed by atoms with Crippen molar-refractivity contribution in [2.75, 3.05) is 29.9 Å². The Kier molecular flexibility index (Phi) is 5.38. The second-order valence-corrected chi connectivity index (χ2v) is 11.4. The zero-order valence-corrected chi connectivity index (χ0v) is 20.0. The fraction of sp³-hybridized carbons (Fsp3) is 0.565. The maximum absolute atomic E-state index is 13.3. The van der Waals surface area contributed by atoms with Gasteiger partial charge in [0.05, 0.1) is 33.7 Å². The minimum absolute atomic E-state index is 0.0490. The van der Waals surface area contributed by atoms with Crippen molar-refractivity contribution in [2.24, 2.45) is 0 Å². The van der Waals surface area contributed by atoms with E-state index in [-0.39, 0.29) is 18.1 Å². The van der Waals surface area contributed by atoms with Gasteiger partial charge in [0.15, 0.2) is 0 Å². The Bertz CT molecular complexity index is 1140. The average molecular weight is 487 g/mol. The molecule has 1 saturated heterocycles. The monoisotopic (exact) mass is 486 g/mol. The minimum atomic E-state index is -1.21. The van der Waals surface area contributed by atoms with Crippen molar-refractivity contribution in [2.45, 2.75) is 67.7 Å². The lowest BCUT2D eigenvalue weighted by Gasteiger charge is -2.42.